The van der Waals surface area contributed by atoms with E-state index < -0.39 is 0 Å². The van der Waals surface area contributed by atoms with Gasteiger partial charge < -0.3 is 10.6 Å². The molecule has 5 heteroatoms. The molecule has 0 atom stereocenters. The van der Waals surface area contributed by atoms with Crippen LogP contribution in [0, 0.1) is 6.92 Å². The van der Waals surface area contributed by atoms with Crippen LogP contribution in [-0.2, 0) is 13.1 Å². The fourth-order valence-electron chi connectivity index (χ4n) is 1.39. The van der Waals surface area contributed by atoms with Crippen molar-refractivity contribution in [3.8, 4) is 0 Å². The maximum Gasteiger partial charge on any atom is 0.0795 e. The number of hydrogen-bond donors (Lipinski definition) is 2. The van der Waals surface area contributed by atoms with Crippen molar-refractivity contribution in [3.05, 3.63) is 46.2 Å². The van der Waals surface area contributed by atoms with E-state index in [1.807, 2.05) is 64.0 Å². The van der Waals surface area contributed by atoms with Gasteiger partial charge in [0.15, 0.2) is 0 Å². The quantitative estimate of drug-likeness (QED) is 0.910. The molecule has 0 spiro atoms. The highest BCUT2D eigenvalue weighted by Gasteiger charge is 1.90. The topological polar surface area (TPSA) is 49.8 Å². The van der Waals surface area contributed by atoms with Crippen LogP contribution >= 0.6 is 11.3 Å². The van der Waals surface area contributed by atoms with Crippen LogP contribution in [0.5, 0.6) is 0 Å². The van der Waals surface area contributed by atoms with Crippen LogP contribution in [0.25, 0.3) is 0 Å². The Bertz CT molecular complexity index is 429. The van der Waals surface area contributed by atoms with Gasteiger partial charge in [-0.25, -0.2) is 4.98 Å². The van der Waals surface area contributed by atoms with Gasteiger partial charge in [0, 0.05) is 24.2 Å². The zero-order valence-corrected chi connectivity index (χ0v) is 13.9. The first-order valence-electron chi connectivity index (χ1n) is 6.85. The van der Waals surface area contributed by atoms with E-state index in [1.165, 1.54) is 0 Å². The van der Waals surface area contributed by atoms with Crippen LogP contribution < -0.4 is 10.6 Å². The van der Waals surface area contributed by atoms with Crippen molar-refractivity contribution >= 4 is 11.3 Å². The van der Waals surface area contributed by atoms with Gasteiger partial charge in [0.2, 0.25) is 0 Å². The van der Waals surface area contributed by atoms with Gasteiger partial charge in [-0.1, -0.05) is 19.9 Å². The Hall–Kier alpha value is -1.30. The van der Waals surface area contributed by atoms with Crippen LogP contribution in [0.3, 0.4) is 0 Å². The smallest absolute Gasteiger partial charge is 0.0795 e. The van der Waals surface area contributed by atoms with Crippen molar-refractivity contribution in [2.24, 2.45) is 0 Å². The number of nitrogens with zero attached hydrogens (tertiary/aromatic N) is 2. The molecule has 2 aromatic rings. The van der Waals surface area contributed by atoms with Crippen molar-refractivity contribution in [1.29, 1.82) is 0 Å². The van der Waals surface area contributed by atoms with Gasteiger partial charge in [-0.2, -0.15) is 0 Å². The summed E-state index contributed by atoms with van der Waals surface area (Å²) < 4.78 is 0. The lowest BCUT2D eigenvalue weighted by Gasteiger charge is -1.98. The lowest BCUT2D eigenvalue weighted by atomic mass is 10.3. The Kier molecular flexibility index (Phi) is 11.9. The molecule has 0 aliphatic carbocycles. The van der Waals surface area contributed by atoms with Gasteiger partial charge in [0.25, 0.3) is 0 Å². The van der Waals surface area contributed by atoms with Gasteiger partial charge in [0.1, 0.15) is 0 Å². The SMILES string of the molecule is CC.CNCc1cccc(C)n1.CNCc1cscn1. The second kappa shape index (κ2) is 12.7. The predicted molar refractivity (Wildman–Crippen MR) is 88.0 cm³/mol. The third-order valence-electron chi connectivity index (χ3n) is 2.15. The average molecular weight is 294 g/mol. The van der Waals surface area contributed by atoms with Crippen molar-refractivity contribution in [3.63, 3.8) is 0 Å². The maximum atomic E-state index is 4.30. The molecule has 2 N–H and O–H groups in total. The van der Waals surface area contributed by atoms with Crippen molar-refractivity contribution in [1.82, 2.24) is 20.6 Å². The first-order chi connectivity index (χ1) is 9.76. The fraction of sp³-hybridized carbons (Fsp3) is 0.467. The number of aromatic nitrogens is 2. The molecule has 0 saturated heterocycles. The predicted octanol–water partition coefficient (Wildman–Crippen LogP) is 3.00. The Morgan fingerprint density at radius 3 is 2.20 bits per heavy atom. The van der Waals surface area contributed by atoms with Gasteiger partial charge in [-0.05, 0) is 33.2 Å². The lowest BCUT2D eigenvalue weighted by molar-refractivity contribution is 0.787. The van der Waals surface area contributed by atoms with E-state index in [4.69, 9.17) is 0 Å². The summed E-state index contributed by atoms with van der Waals surface area (Å²) in [6, 6.07) is 6.04. The first kappa shape index (κ1) is 18.7. The Morgan fingerprint density at radius 2 is 1.70 bits per heavy atom. The van der Waals surface area contributed by atoms with E-state index in [1.54, 1.807) is 11.3 Å². The minimum Gasteiger partial charge on any atom is -0.314 e. The Labute approximate surface area is 126 Å². The number of nitrogens with one attached hydrogen (secondary N) is 2. The minimum atomic E-state index is 0.849. The molecule has 112 valence electrons. The third-order valence-corrected chi connectivity index (χ3v) is 2.78. The summed E-state index contributed by atoms with van der Waals surface area (Å²) in [4.78, 5) is 8.36. The van der Waals surface area contributed by atoms with Crippen LogP contribution in [0.4, 0.5) is 0 Å². The molecule has 0 unspecified atom stereocenters. The molecule has 4 nitrogen and oxygen atoms in total. The summed E-state index contributed by atoms with van der Waals surface area (Å²) in [7, 11) is 3.84. The zero-order chi connectivity index (χ0) is 15.2. The van der Waals surface area contributed by atoms with E-state index >= 15 is 0 Å². The molecule has 0 aliphatic heterocycles. The molecule has 0 saturated carbocycles. The van der Waals surface area contributed by atoms with Gasteiger partial charge in [-0.3, -0.25) is 4.98 Å². The molecule has 2 heterocycles. The van der Waals surface area contributed by atoms with E-state index in [0.29, 0.717) is 0 Å². The summed E-state index contributed by atoms with van der Waals surface area (Å²) in [5.41, 5.74) is 5.14. The summed E-state index contributed by atoms with van der Waals surface area (Å²) in [6.07, 6.45) is 0. The highest BCUT2D eigenvalue weighted by molar-refractivity contribution is 7.07. The van der Waals surface area contributed by atoms with Crippen LogP contribution in [0.1, 0.15) is 30.9 Å². The largest absolute Gasteiger partial charge is 0.314 e. The fourth-order valence-corrected chi connectivity index (χ4v) is 1.94. The molecular weight excluding hydrogens is 268 g/mol. The number of aryl methyl sites for hydroxylation is 1. The summed E-state index contributed by atoms with van der Waals surface area (Å²) in [5.74, 6) is 0. The molecule has 0 fully saturated rings. The standard InChI is InChI=1S/C8H12N2.C5H8N2S.C2H6/c1-7-4-3-5-8(10-7)6-9-2;1-6-2-5-3-8-4-7-5;1-2/h3-5,9H,6H2,1-2H3;3-4,6H,2H2,1H3;1-2H3. The van der Waals surface area contributed by atoms with Gasteiger partial charge >= 0.3 is 0 Å². The second-order valence-corrected chi connectivity index (χ2v) is 4.53. The normalized spacial score (nSPS) is 9.05. The third kappa shape index (κ3) is 8.74. The molecule has 0 aliphatic rings. The first-order valence-corrected chi connectivity index (χ1v) is 7.79. The molecule has 20 heavy (non-hydrogen) atoms. The van der Waals surface area contributed by atoms with Crippen LogP contribution in [0.2, 0.25) is 0 Å². The summed E-state index contributed by atoms with van der Waals surface area (Å²) in [5, 5.41) is 8.10. The van der Waals surface area contributed by atoms with E-state index in [9.17, 15) is 0 Å². The van der Waals surface area contributed by atoms with Gasteiger partial charge in [-0.15, -0.1) is 11.3 Å². The Balaban J connectivity index is 0.000000327. The Morgan fingerprint density at radius 1 is 1.05 bits per heavy atom. The number of pyridine rings is 1. The van der Waals surface area contributed by atoms with E-state index in [2.05, 4.69) is 20.6 Å². The number of hydrogen-bond acceptors (Lipinski definition) is 5. The highest BCUT2D eigenvalue weighted by Crippen LogP contribution is 1.98. The molecule has 0 aromatic carbocycles. The zero-order valence-electron chi connectivity index (χ0n) is 13.1. The van der Waals surface area contributed by atoms with E-state index in [-0.39, 0.29) is 0 Å². The summed E-state index contributed by atoms with van der Waals surface area (Å²) in [6.45, 7) is 7.73. The molecule has 0 amide bonds. The minimum absolute atomic E-state index is 0.849. The van der Waals surface area contributed by atoms with E-state index in [0.717, 1.165) is 30.2 Å². The maximum absolute atomic E-state index is 4.30. The van der Waals surface area contributed by atoms with Crippen molar-refractivity contribution in [2.75, 3.05) is 14.1 Å². The second-order valence-electron chi connectivity index (χ2n) is 3.81. The average Bonchev–Trinajstić information content (AvgIpc) is 2.96. The van der Waals surface area contributed by atoms with Crippen LogP contribution in [-0.4, -0.2) is 24.1 Å². The van der Waals surface area contributed by atoms with Gasteiger partial charge in [0.05, 0.1) is 16.9 Å². The molecule has 2 aromatic heterocycles. The van der Waals surface area contributed by atoms with Crippen molar-refractivity contribution < 1.29 is 0 Å². The molecule has 2 rings (SSSR count). The highest BCUT2D eigenvalue weighted by atomic mass is 32.1. The number of thiazole rings is 1. The lowest BCUT2D eigenvalue weighted by Crippen LogP contribution is -2.06. The number of rotatable bonds is 4. The monoisotopic (exact) mass is 294 g/mol. The molecule has 0 bridgehead atoms. The molecular formula is C15H26N4S. The van der Waals surface area contributed by atoms with Crippen LogP contribution in [0.15, 0.2) is 29.1 Å². The summed E-state index contributed by atoms with van der Waals surface area (Å²) >= 11 is 1.63. The van der Waals surface area contributed by atoms with Crippen molar-refractivity contribution in [2.45, 2.75) is 33.9 Å². The molecule has 0 radical (unpaired) electrons.